The molecule has 0 saturated heterocycles. The van der Waals surface area contributed by atoms with E-state index in [2.05, 4.69) is 36.8 Å². The van der Waals surface area contributed by atoms with E-state index in [4.69, 9.17) is 10.5 Å². The third kappa shape index (κ3) is 2.10. The molecule has 0 aliphatic carbocycles. The minimum Gasteiger partial charge on any atom is -0.477 e. The molecule has 1 aromatic rings. The number of hydrogen-bond donors (Lipinski definition) is 1. The summed E-state index contributed by atoms with van der Waals surface area (Å²) in [5.41, 5.74) is 5.56. The second-order valence-corrected chi connectivity index (χ2v) is 3.78. The van der Waals surface area contributed by atoms with E-state index < -0.39 is 0 Å². The summed E-state index contributed by atoms with van der Waals surface area (Å²) in [5, 5.41) is 0. The van der Waals surface area contributed by atoms with Crippen LogP contribution in [0.3, 0.4) is 0 Å². The molecule has 0 aromatic carbocycles. The van der Waals surface area contributed by atoms with Gasteiger partial charge < -0.3 is 10.5 Å². The molecule has 2 N–H and O–H groups in total. The van der Waals surface area contributed by atoms with Crippen LogP contribution in [0.4, 0.5) is 5.82 Å². The maximum Gasteiger partial charge on any atom is 0.230 e. The van der Waals surface area contributed by atoms with Crippen LogP contribution in [0, 0.1) is 0 Å². The lowest BCUT2D eigenvalue weighted by atomic mass is 10.4. The fraction of sp³-hybridized carbons (Fsp3) is 0.286. The lowest BCUT2D eigenvalue weighted by molar-refractivity contribution is 0.325. The zero-order valence-corrected chi connectivity index (χ0v) is 9.65. The van der Waals surface area contributed by atoms with Crippen molar-refractivity contribution >= 4 is 37.7 Å². The lowest BCUT2D eigenvalue weighted by Gasteiger charge is -2.05. The van der Waals surface area contributed by atoms with E-state index >= 15 is 0 Å². The highest BCUT2D eigenvalue weighted by Gasteiger charge is 2.06. The Bertz CT molecular complexity index is 291. The van der Waals surface area contributed by atoms with Crippen LogP contribution < -0.4 is 10.5 Å². The zero-order chi connectivity index (χ0) is 9.14. The van der Waals surface area contributed by atoms with Crippen LogP contribution in [-0.4, -0.2) is 11.6 Å². The quantitative estimate of drug-likeness (QED) is 0.912. The second kappa shape index (κ2) is 4.09. The molecule has 0 unspecified atom stereocenters. The summed E-state index contributed by atoms with van der Waals surface area (Å²) in [6.07, 6.45) is 0. The highest BCUT2D eigenvalue weighted by molar-refractivity contribution is 9.11. The van der Waals surface area contributed by atoms with Gasteiger partial charge in [-0.1, -0.05) is 0 Å². The maximum absolute atomic E-state index is 5.56. The van der Waals surface area contributed by atoms with Crippen molar-refractivity contribution in [1.29, 1.82) is 0 Å². The number of pyridine rings is 1. The Hall–Kier alpha value is -0.290. The number of halogens is 2. The Morgan fingerprint density at radius 2 is 2.17 bits per heavy atom. The van der Waals surface area contributed by atoms with Gasteiger partial charge in [0.2, 0.25) is 5.88 Å². The highest BCUT2D eigenvalue weighted by atomic mass is 79.9. The Morgan fingerprint density at radius 1 is 1.50 bits per heavy atom. The van der Waals surface area contributed by atoms with Crippen LogP contribution in [0.15, 0.2) is 15.0 Å². The molecule has 3 nitrogen and oxygen atoms in total. The standard InChI is InChI=1S/C7H8Br2N2O/c1-2-12-7-5(9)3-4(8)6(10)11-7/h3H,2H2,1H3,(H2,10,11). The van der Waals surface area contributed by atoms with Crippen molar-refractivity contribution < 1.29 is 4.74 Å². The number of ether oxygens (including phenoxy) is 1. The van der Waals surface area contributed by atoms with Gasteiger partial charge in [-0.05, 0) is 44.8 Å². The van der Waals surface area contributed by atoms with E-state index in [1.165, 1.54) is 0 Å². The van der Waals surface area contributed by atoms with Gasteiger partial charge in [0.25, 0.3) is 0 Å². The number of anilines is 1. The van der Waals surface area contributed by atoms with Crippen molar-refractivity contribution in [3.8, 4) is 5.88 Å². The summed E-state index contributed by atoms with van der Waals surface area (Å²) in [7, 11) is 0. The Labute approximate surface area is 87.6 Å². The third-order valence-electron chi connectivity index (χ3n) is 1.21. The summed E-state index contributed by atoms with van der Waals surface area (Å²) in [5.74, 6) is 0.958. The van der Waals surface area contributed by atoms with Crippen LogP contribution in [0.25, 0.3) is 0 Å². The second-order valence-electron chi connectivity index (χ2n) is 2.08. The number of hydrogen-bond acceptors (Lipinski definition) is 3. The maximum atomic E-state index is 5.56. The third-order valence-corrected chi connectivity index (χ3v) is 2.41. The first-order valence-corrected chi connectivity index (χ1v) is 4.98. The Morgan fingerprint density at radius 3 is 2.75 bits per heavy atom. The van der Waals surface area contributed by atoms with Gasteiger partial charge in [-0.15, -0.1) is 0 Å². The van der Waals surface area contributed by atoms with E-state index in [1.807, 2.05) is 13.0 Å². The van der Waals surface area contributed by atoms with Gasteiger partial charge in [-0.2, -0.15) is 4.98 Å². The lowest BCUT2D eigenvalue weighted by Crippen LogP contribution is -1.99. The first-order chi connectivity index (χ1) is 5.65. The monoisotopic (exact) mass is 294 g/mol. The molecular weight excluding hydrogens is 288 g/mol. The van der Waals surface area contributed by atoms with Crippen LogP contribution >= 0.6 is 31.9 Å². The van der Waals surface area contributed by atoms with Gasteiger partial charge in [-0.3, -0.25) is 0 Å². The SMILES string of the molecule is CCOc1nc(N)c(Br)cc1Br. The molecule has 1 aromatic heterocycles. The number of nitrogens with two attached hydrogens (primary N) is 1. The fourth-order valence-electron chi connectivity index (χ4n) is 0.701. The first-order valence-electron chi connectivity index (χ1n) is 3.39. The Balaban J connectivity index is 3.05. The molecular formula is C7H8Br2N2O. The van der Waals surface area contributed by atoms with Crippen LogP contribution in [0.5, 0.6) is 5.88 Å². The van der Waals surface area contributed by atoms with E-state index in [-0.39, 0.29) is 0 Å². The first kappa shape index (κ1) is 9.80. The molecule has 5 heteroatoms. The molecule has 66 valence electrons. The molecule has 0 aliphatic rings. The molecule has 0 fully saturated rings. The molecule has 1 rings (SSSR count). The summed E-state index contributed by atoms with van der Waals surface area (Å²) >= 11 is 6.57. The summed E-state index contributed by atoms with van der Waals surface area (Å²) < 4.78 is 6.77. The van der Waals surface area contributed by atoms with Crippen LogP contribution in [-0.2, 0) is 0 Å². The molecule has 0 spiro atoms. The minimum absolute atomic E-state index is 0.432. The number of nitrogen functional groups attached to an aromatic ring is 1. The van der Waals surface area contributed by atoms with E-state index in [0.29, 0.717) is 18.3 Å². The van der Waals surface area contributed by atoms with Crippen molar-refractivity contribution in [3.05, 3.63) is 15.0 Å². The van der Waals surface area contributed by atoms with Crippen LogP contribution in [0.1, 0.15) is 6.92 Å². The van der Waals surface area contributed by atoms with Crippen molar-refractivity contribution in [1.82, 2.24) is 4.98 Å². The molecule has 0 amide bonds. The normalized spacial score (nSPS) is 9.92. The number of nitrogens with zero attached hydrogens (tertiary/aromatic N) is 1. The van der Waals surface area contributed by atoms with Gasteiger partial charge in [0.05, 0.1) is 15.6 Å². The largest absolute Gasteiger partial charge is 0.477 e. The molecule has 0 saturated carbocycles. The molecule has 0 atom stereocenters. The smallest absolute Gasteiger partial charge is 0.230 e. The van der Waals surface area contributed by atoms with Crippen molar-refractivity contribution in [3.63, 3.8) is 0 Å². The van der Waals surface area contributed by atoms with Crippen molar-refractivity contribution in [2.75, 3.05) is 12.3 Å². The van der Waals surface area contributed by atoms with E-state index in [0.717, 1.165) is 8.95 Å². The van der Waals surface area contributed by atoms with Gasteiger partial charge in [0.15, 0.2) is 0 Å². The molecule has 0 bridgehead atoms. The van der Waals surface area contributed by atoms with Gasteiger partial charge in [-0.25, -0.2) is 0 Å². The van der Waals surface area contributed by atoms with E-state index in [9.17, 15) is 0 Å². The summed E-state index contributed by atoms with van der Waals surface area (Å²) in [4.78, 5) is 4.02. The minimum atomic E-state index is 0.432. The van der Waals surface area contributed by atoms with Gasteiger partial charge in [0.1, 0.15) is 5.82 Å². The average Bonchev–Trinajstić information content (AvgIpc) is 2.01. The van der Waals surface area contributed by atoms with Crippen LogP contribution in [0.2, 0.25) is 0 Å². The number of aromatic nitrogens is 1. The molecule has 12 heavy (non-hydrogen) atoms. The fourth-order valence-corrected chi connectivity index (χ4v) is 1.76. The average molecular weight is 296 g/mol. The summed E-state index contributed by atoms with van der Waals surface area (Å²) in [6, 6.07) is 1.81. The topological polar surface area (TPSA) is 48.1 Å². The highest BCUT2D eigenvalue weighted by Crippen LogP contribution is 2.29. The molecule has 0 aliphatic heterocycles. The zero-order valence-electron chi connectivity index (χ0n) is 6.47. The molecule has 0 radical (unpaired) electrons. The van der Waals surface area contributed by atoms with Crippen molar-refractivity contribution in [2.24, 2.45) is 0 Å². The summed E-state index contributed by atoms with van der Waals surface area (Å²) in [6.45, 7) is 2.47. The number of rotatable bonds is 2. The van der Waals surface area contributed by atoms with Gasteiger partial charge in [0, 0.05) is 0 Å². The van der Waals surface area contributed by atoms with Crippen molar-refractivity contribution in [2.45, 2.75) is 6.92 Å². The van der Waals surface area contributed by atoms with Gasteiger partial charge >= 0.3 is 0 Å². The Kier molecular flexibility index (Phi) is 3.34. The predicted molar refractivity (Wildman–Crippen MR) is 55.2 cm³/mol. The van der Waals surface area contributed by atoms with E-state index in [1.54, 1.807) is 0 Å². The molecule has 1 heterocycles. The predicted octanol–water partition coefficient (Wildman–Crippen LogP) is 2.59.